The third-order valence-electron chi connectivity index (χ3n) is 2.44. The summed E-state index contributed by atoms with van der Waals surface area (Å²) in [6.45, 7) is 2.56. The van der Waals surface area contributed by atoms with Gasteiger partial charge in [-0.05, 0) is 19.1 Å². The van der Waals surface area contributed by atoms with Crippen molar-refractivity contribution in [2.24, 2.45) is 0 Å². The summed E-state index contributed by atoms with van der Waals surface area (Å²) >= 11 is 0. The Balaban J connectivity index is 2.26. The summed E-state index contributed by atoms with van der Waals surface area (Å²) < 4.78 is 10.6. The summed E-state index contributed by atoms with van der Waals surface area (Å²) in [5, 5.41) is 3.13. The minimum atomic E-state index is 0.293. The number of nitrogens with one attached hydrogen (secondary N) is 1. The number of hydrogen-bond acceptors (Lipinski definition) is 6. The van der Waals surface area contributed by atoms with Gasteiger partial charge in [0.2, 0.25) is 5.75 Å². The number of hydrogen-bond donors (Lipinski definition) is 2. The summed E-state index contributed by atoms with van der Waals surface area (Å²) in [5.41, 5.74) is 6.56. The zero-order valence-electron chi connectivity index (χ0n) is 10.9. The van der Waals surface area contributed by atoms with E-state index in [-0.39, 0.29) is 0 Å². The Hall–Kier alpha value is -2.50. The molecule has 0 aliphatic rings. The molecule has 1 aromatic heterocycles. The predicted molar refractivity (Wildman–Crippen MR) is 73.9 cm³/mol. The first-order chi connectivity index (χ1) is 9.24. The fourth-order valence-electron chi connectivity index (χ4n) is 1.64. The Labute approximate surface area is 111 Å². The van der Waals surface area contributed by atoms with Crippen LogP contribution in [-0.2, 0) is 0 Å². The molecular formula is C13H16N4O2. The quantitative estimate of drug-likeness (QED) is 0.857. The van der Waals surface area contributed by atoms with Gasteiger partial charge in [-0.1, -0.05) is 6.07 Å². The molecule has 0 unspecified atom stereocenters. The van der Waals surface area contributed by atoms with Gasteiger partial charge in [0.05, 0.1) is 13.7 Å². The molecule has 2 aromatic rings. The highest BCUT2D eigenvalue weighted by Crippen LogP contribution is 2.30. The van der Waals surface area contributed by atoms with Crippen molar-refractivity contribution < 1.29 is 9.47 Å². The minimum Gasteiger partial charge on any atom is -0.494 e. The fraction of sp³-hybridized carbons (Fsp3) is 0.231. The standard InChI is InChI=1S/C13H16N4O2/c1-3-19-10-6-4-5-9(7-10)17-13-11(18-2)12(14)15-8-16-13/h4-8H,3H2,1-2H3,(H3,14,15,16,17). The fourth-order valence-corrected chi connectivity index (χ4v) is 1.64. The van der Waals surface area contributed by atoms with Crippen molar-refractivity contribution in [1.29, 1.82) is 0 Å². The molecule has 1 aromatic carbocycles. The minimum absolute atomic E-state index is 0.293. The normalized spacial score (nSPS) is 10.0. The van der Waals surface area contributed by atoms with Crippen LogP contribution in [0.3, 0.4) is 0 Å². The van der Waals surface area contributed by atoms with Crippen LogP contribution < -0.4 is 20.5 Å². The number of rotatable bonds is 5. The van der Waals surface area contributed by atoms with E-state index in [4.69, 9.17) is 15.2 Å². The largest absolute Gasteiger partial charge is 0.494 e. The molecule has 0 fully saturated rings. The summed E-state index contributed by atoms with van der Waals surface area (Å²) in [4.78, 5) is 7.99. The lowest BCUT2D eigenvalue weighted by Gasteiger charge is -2.12. The molecule has 3 N–H and O–H groups in total. The monoisotopic (exact) mass is 260 g/mol. The molecular weight excluding hydrogens is 244 g/mol. The van der Waals surface area contributed by atoms with Crippen molar-refractivity contribution in [2.75, 3.05) is 24.8 Å². The number of aromatic nitrogens is 2. The number of nitrogen functional groups attached to an aromatic ring is 1. The lowest BCUT2D eigenvalue weighted by molar-refractivity contribution is 0.340. The van der Waals surface area contributed by atoms with Gasteiger partial charge in [0.15, 0.2) is 11.6 Å². The Bertz CT molecular complexity index is 560. The molecule has 0 radical (unpaired) electrons. The lowest BCUT2D eigenvalue weighted by Crippen LogP contribution is -2.03. The first kappa shape index (κ1) is 12.9. The van der Waals surface area contributed by atoms with E-state index in [0.29, 0.717) is 24.0 Å². The van der Waals surface area contributed by atoms with Gasteiger partial charge >= 0.3 is 0 Å². The van der Waals surface area contributed by atoms with Gasteiger partial charge in [-0.15, -0.1) is 0 Å². The predicted octanol–water partition coefficient (Wildman–Crippen LogP) is 2.21. The van der Waals surface area contributed by atoms with Crippen molar-refractivity contribution in [2.45, 2.75) is 6.92 Å². The van der Waals surface area contributed by atoms with Crippen LogP contribution in [0.5, 0.6) is 11.5 Å². The number of methoxy groups -OCH3 is 1. The molecule has 6 nitrogen and oxygen atoms in total. The zero-order chi connectivity index (χ0) is 13.7. The van der Waals surface area contributed by atoms with Crippen LogP contribution in [0, 0.1) is 0 Å². The van der Waals surface area contributed by atoms with Crippen LogP contribution in [0.4, 0.5) is 17.3 Å². The van der Waals surface area contributed by atoms with E-state index < -0.39 is 0 Å². The molecule has 0 atom stereocenters. The molecule has 2 rings (SSSR count). The van der Waals surface area contributed by atoms with E-state index >= 15 is 0 Å². The lowest BCUT2D eigenvalue weighted by atomic mass is 10.3. The molecule has 6 heteroatoms. The van der Waals surface area contributed by atoms with Gasteiger partial charge in [-0.25, -0.2) is 9.97 Å². The van der Waals surface area contributed by atoms with E-state index in [0.717, 1.165) is 11.4 Å². The van der Waals surface area contributed by atoms with Crippen molar-refractivity contribution >= 4 is 17.3 Å². The van der Waals surface area contributed by atoms with E-state index in [1.54, 1.807) is 0 Å². The maximum absolute atomic E-state index is 5.72. The average Bonchev–Trinajstić information content (AvgIpc) is 2.40. The smallest absolute Gasteiger partial charge is 0.204 e. The van der Waals surface area contributed by atoms with Crippen molar-refractivity contribution in [3.8, 4) is 11.5 Å². The second-order valence-electron chi connectivity index (χ2n) is 3.73. The third kappa shape index (κ3) is 3.04. The molecule has 0 saturated carbocycles. The van der Waals surface area contributed by atoms with Gasteiger partial charge < -0.3 is 20.5 Å². The average molecular weight is 260 g/mol. The topological polar surface area (TPSA) is 82.3 Å². The Morgan fingerprint density at radius 1 is 1.32 bits per heavy atom. The molecule has 1 heterocycles. The number of ether oxygens (including phenoxy) is 2. The maximum atomic E-state index is 5.72. The van der Waals surface area contributed by atoms with Gasteiger partial charge in [-0.3, -0.25) is 0 Å². The van der Waals surface area contributed by atoms with Crippen molar-refractivity contribution in [3.05, 3.63) is 30.6 Å². The SMILES string of the molecule is CCOc1cccc(Nc2ncnc(N)c2OC)c1. The van der Waals surface area contributed by atoms with E-state index in [9.17, 15) is 0 Å². The highest BCUT2D eigenvalue weighted by atomic mass is 16.5. The molecule has 0 saturated heterocycles. The summed E-state index contributed by atoms with van der Waals surface area (Å²) in [7, 11) is 1.52. The molecule has 0 aliphatic heterocycles. The molecule has 19 heavy (non-hydrogen) atoms. The van der Waals surface area contributed by atoms with Crippen LogP contribution in [-0.4, -0.2) is 23.7 Å². The summed E-state index contributed by atoms with van der Waals surface area (Å²) in [6.07, 6.45) is 1.38. The second-order valence-corrected chi connectivity index (χ2v) is 3.73. The second kappa shape index (κ2) is 5.90. The highest BCUT2D eigenvalue weighted by molar-refractivity contribution is 5.68. The Kier molecular flexibility index (Phi) is 4.02. The van der Waals surface area contributed by atoms with E-state index in [1.807, 2.05) is 31.2 Å². The number of nitrogens with two attached hydrogens (primary N) is 1. The number of benzene rings is 1. The number of anilines is 3. The highest BCUT2D eigenvalue weighted by Gasteiger charge is 2.09. The molecule has 0 spiro atoms. The van der Waals surface area contributed by atoms with E-state index in [1.165, 1.54) is 13.4 Å². The summed E-state index contributed by atoms with van der Waals surface area (Å²) in [5.74, 6) is 2.02. The van der Waals surface area contributed by atoms with Gasteiger partial charge in [0.25, 0.3) is 0 Å². The van der Waals surface area contributed by atoms with Gasteiger partial charge in [0.1, 0.15) is 12.1 Å². The summed E-state index contributed by atoms with van der Waals surface area (Å²) in [6, 6.07) is 7.56. The first-order valence-electron chi connectivity index (χ1n) is 5.89. The van der Waals surface area contributed by atoms with E-state index in [2.05, 4.69) is 15.3 Å². The number of nitrogens with zero attached hydrogens (tertiary/aromatic N) is 2. The molecule has 0 bridgehead atoms. The van der Waals surface area contributed by atoms with Crippen molar-refractivity contribution in [3.63, 3.8) is 0 Å². The van der Waals surface area contributed by atoms with Crippen LogP contribution in [0.25, 0.3) is 0 Å². The van der Waals surface area contributed by atoms with Crippen LogP contribution >= 0.6 is 0 Å². The molecule has 100 valence electrons. The third-order valence-corrected chi connectivity index (χ3v) is 2.44. The van der Waals surface area contributed by atoms with Crippen LogP contribution in [0.15, 0.2) is 30.6 Å². The maximum Gasteiger partial charge on any atom is 0.204 e. The first-order valence-corrected chi connectivity index (χ1v) is 5.89. The Morgan fingerprint density at radius 2 is 2.16 bits per heavy atom. The molecule has 0 aliphatic carbocycles. The van der Waals surface area contributed by atoms with Crippen LogP contribution in [0.2, 0.25) is 0 Å². The Morgan fingerprint density at radius 3 is 2.89 bits per heavy atom. The van der Waals surface area contributed by atoms with Gasteiger partial charge in [-0.2, -0.15) is 0 Å². The van der Waals surface area contributed by atoms with Gasteiger partial charge in [0, 0.05) is 11.8 Å². The van der Waals surface area contributed by atoms with Crippen LogP contribution in [0.1, 0.15) is 6.92 Å². The molecule has 0 amide bonds. The van der Waals surface area contributed by atoms with Crippen molar-refractivity contribution in [1.82, 2.24) is 9.97 Å². The zero-order valence-corrected chi connectivity index (χ0v) is 10.9.